The summed E-state index contributed by atoms with van der Waals surface area (Å²) < 4.78 is 2.01. The second-order valence-corrected chi connectivity index (χ2v) is 5.11. The first kappa shape index (κ1) is 12.3. The SMILES string of the molecule is CCn1nc(C)c(-c2csc(C(C)N)n2)c1C. The van der Waals surface area contributed by atoms with Gasteiger partial charge in [-0.3, -0.25) is 4.68 Å². The predicted molar refractivity (Wildman–Crippen MR) is 71.1 cm³/mol. The van der Waals surface area contributed by atoms with Gasteiger partial charge in [0.2, 0.25) is 0 Å². The van der Waals surface area contributed by atoms with Gasteiger partial charge in [0.15, 0.2) is 0 Å². The molecule has 5 heteroatoms. The molecular formula is C12H18N4S. The Morgan fingerprint density at radius 2 is 2.18 bits per heavy atom. The number of thiazole rings is 1. The van der Waals surface area contributed by atoms with Crippen LogP contribution < -0.4 is 5.73 Å². The van der Waals surface area contributed by atoms with Crippen LogP contribution >= 0.6 is 11.3 Å². The molecule has 0 aliphatic heterocycles. The van der Waals surface area contributed by atoms with Crippen molar-refractivity contribution in [1.29, 1.82) is 0 Å². The van der Waals surface area contributed by atoms with Crippen LogP contribution in [0.5, 0.6) is 0 Å². The average Bonchev–Trinajstić information content (AvgIpc) is 2.83. The molecule has 0 saturated carbocycles. The van der Waals surface area contributed by atoms with Crippen molar-refractivity contribution in [2.24, 2.45) is 5.73 Å². The van der Waals surface area contributed by atoms with Gasteiger partial charge in [0, 0.05) is 23.2 Å². The smallest absolute Gasteiger partial charge is 0.110 e. The number of nitrogens with zero attached hydrogens (tertiary/aromatic N) is 3. The van der Waals surface area contributed by atoms with Gasteiger partial charge in [0.1, 0.15) is 5.01 Å². The fraction of sp³-hybridized carbons (Fsp3) is 0.500. The van der Waals surface area contributed by atoms with E-state index in [1.807, 2.05) is 18.5 Å². The van der Waals surface area contributed by atoms with Crippen molar-refractivity contribution >= 4 is 11.3 Å². The number of aromatic nitrogens is 3. The Bertz CT molecular complexity index is 525. The quantitative estimate of drug-likeness (QED) is 0.911. The summed E-state index contributed by atoms with van der Waals surface area (Å²) in [7, 11) is 0. The molecule has 2 aromatic rings. The topological polar surface area (TPSA) is 56.7 Å². The van der Waals surface area contributed by atoms with Gasteiger partial charge in [-0.2, -0.15) is 5.10 Å². The molecule has 92 valence electrons. The van der Waals surface area contributed by atoms with Gasteiger partial charge in [-0.1, -0.05) is 0 Å². The Balaban J connectivity index is 2.48. The lowest BCUT2D eigenvalue weighted by atomic mass is 10.1. The molecule has 2 rings (SSSR count). The molecule has 0 fully saturated rings. The minimum Gasteiger partial charge on any atom is -0.322 e. The Labute approximate surface area is 105 Å². The molecule has 0 aliphatic carbocycles. The highest BCUT2D eigenvalue weighted by molar-refractivity contribution is 7.10. The minimum absolute atomic E-state index is 0.00409. The summed E-state index contributed by atoms with van der Waals surface area (Å²) in [5, 5.41) is 7.55. The van der Waals surface area contributed by atoms with Crippen LogP contribution in [0, 0.1) is 13.8 Å². The van der Waals surface area contributed by atoms with E-state index in [2.05, 4.69) is 29.3 Å². The molecule has 1 unspecified atom stereocenters. The van der Waals surface area contributed by atoms with Gasteiger partial charge in [0.05, 0.1) is 17.4 Å². The summed E-state index contributed by atoms with van der Waals surface area (Å²) in [6, 6.07) is -0.00409. The number of aryl methyl sites for hydroxylation is 2. The summed E-state index contributed by atoms with van der Waals surface area (Å²) in [6.45, 7) is 9.05. The molecular weight excluding hydrogens is 232 g/mol. The molecule has 4 nitrogen and oxygen atoms in total. The maximum Gasteiger partial charge on any atom is 0.110 e. The van der Waals surface area contributed by atoms with E-state index in [4.69, 9.17) is 5.73 Å². The Kier molecular flexibility index (Phi) is 3.31. The average molecular weight is 250 g/mol. The Morgan fingerprint density at radius 3 is 2.65 bits per heavy atom. The molecule has 0 saturated heterocycles. The highest BCUT2D eigenvalue weighted by Gasteiger charge is 2.16. The van der Waals surface area contributed by atoms with Crippen LogP contribution in [0.15, 0.2) is 5.38 Å². The van der Waals surface area contributed by atoms with Gasteiger partial charge in [-0.25, -0.2) is 4.98 Å². The lowest BCUT2D eigenvalue weighted by molar-refractivity contribution is 0.634. The molecule has 0 aromatic carbocycles. The van der Waals surface area contributed by atoms with E-state index in [0.29, 0.717) is 0 Å². The molecule has 2 N–H and O–H groups in total. The first-order chi connectivity index (χ1) is 8.04. The fourth-order valence-corrected chi connectivity index (χ4v) is 2.76. The van der Waals surface area contributed by atoms with Crippen LogP contribution in [-0.2, 0) is 6.54 Å². The fourth-order valence-electron chi connectivity index (χ4n) is 1.99. The van der Waals surface area contributed by atoms with Gasteiger partial charge < -0.3 is 5.73 Å². The van der Waals surface area contributed by atoms with Crippen molar-refractivity contribution in [3.8, 4) is 11.3 Å². The molecule has 2 heterocycles. The van der Waals surface area contributed by atoms with Crippen molar-refractivity contribution in [2.75, 3.05) is 0 Å². The number of nitrogens with two attached hydrogens (primary N) is 1. The molecule has 2 aromatic heterocycles. The lowest BCUT2D eigenvalue weighted by Gasteiger charge is -2.00. The highest BCUT2D eigenvalue weighted by Crippen LogP contribution is 2.29. The zero-order valence-electron chi connectivity index (χ0n) is 10.7. The van der Waals surface area contributed by atoms with Crippen molar-refractivity contribution < 1.29 is 0 Å². The third-order valence-corrected chi connectivity index (χ3v) is 3.89. The number of hydrogen-bond donors (Lipinski definition) is 1. The largest absolute Gasteiger partial charge is 0.322 e. The third-order valence-electron chi connectivity index (χ3n) is 2.85. The summed E-state index contributed by atoms with van der Waals surface area (Å²) in [4.78, 5) is 4.59. The second kappa shape index (κ2) is 4.58. The summed E-state index contributed by atoms with van der Waals surface area (Å²) in [5.74, 6) is 0. The Morgan fingerprint density at radius 1 is 1.47 bits per heavy atom. The first-order valence-corrected chi connectivity index (χ1v) is 6.68. The van der Waals surface area contributed by atoms with Crippen LogP contribution in [-0.4, -0.2) is 14.8 Å². The van der Waals surface area contributed by atoms with Crippen molar-refractivity contribution in [3.63, 3.8) is 0 Å². The minimum atomic E-state index is -0.00409. The zero-order valence-corrected chi connectivity index (χ0v) is 11.5. The standard InChI is InChI=1S/C12H18N4S/c1-5-16-9(4)11(8(3)15-16)10-6-17-12(14-10)7(2)13/h6-7H,5,13H2,1-4H3. The maximum absolute atomic E-state index is 5.84. The van der Waals surface area contributed by atoms with E-state index in [9.17, 15) is 0 Å². The summed E-state index contributed by atoms with van der Waals surface area (Å²) >= 11 is 1.61. The normalized spacial score (nSPS) is 13.0. The molecule has 0 radical (unpaired) electrons. The second-order valence-electron chi connectivity index (χ2n) is 4.22. The van der Waals surface area contributed by atoms with Gasteiger partial charge in [-0.05, 0) is 27.7 Å². The predicted octanol–water partition coefficient (Wildman–Crippen LogP) is 2.66. The van der Waals surface area contributed by atoms with Crippen molar-refractivity contribution in [3.05, 3.63) is 21.8 Å². The van der Waals surface area contributed by atoms with Gasteiger partial charge >= 0.3 is 0 Å². The van der Waals surface area contributed by atoms with Crippen LogP contribution in [0.3, 0.4) is 0 Å². The van der Waals surface area contributed by atoms with Crippen molar-refractivity contribution in [2.45, 2.75) is 40.3 Å². The molecule has 1 atom stereocenters. The summed E-state index contributed by atoms with van der Waals surface area (Å²) in [6.07, 6.45) is 0. The van der Waals surface area contributed by atoms with E-state index in [0.717, 1.165) is 28.5 Å². The number of hydrogen-bond acceptors (Lipinski definition) is 4. The van der Waals surface area contributed by atoms with Gasteiger partial charge in [-0.15, -0.1) is 11.3 Å². The third kappa shape index (κ3) is 2.12. The number of rotatable bonds is 3. The molecule has 0 bridgehead atoms. The van der Waals surface area contributed by atoms with Gasteiger partial charge in [0.25, 0.3) is 0 Å². The van der Waals surface area contributed by atoms with Crippen LogP contribution in [0.1, 0.15) is 36.3 Å². The monoisotopic (exact) mass is 250 g/mol. The van der Waals surface area contributed by atoms with E-state index < -0.39 is 0 Å². The van der Waals surface area contributed by atoms with E-state index >= 15 is 0 Å². The zero-order chi connectivity index (χ0) is 12.6. The van der Waals surface area contributed by atoms with E-state index in [1.165, 1.54) is 5.69 Å². The highest BCUT2D eigenvalue weighted by atomic mass is 32.1. The Hall–Kier alpha value is -1.20. The van der Waals surface area contributed by atoms with E-state index in [1.54, 1.807) is 11.3 Å². The molecule has 0 aliphatic rings. The molecule has 0 amide bonds. The summed E-state index contributed by atoms with van der Waals surface area (Å²) in [5.41, 5.74) is 10.2. The van der Waals surface area contributed by atoms with Crippen LogP contribution in [0.2, 0.25) is 0 Å². The van der Waals surface area contributed by atoms with Crippen LogP contribution in [0.4, 0.5) is 0 Å². The maximum atomic E-state index is 5.84. The first-order valence-electron chi connectivity index (χ1n) is 5.80. The molecule has 17 heavy (non-hydrogen) atoms. The van der Waals surface area contributed by atoms with E-state index in [-0.39, 0.29) is 6.04 Å². The molecule has 0 spiro atoms. The van der Waals surface area contributed by atoms with Crippen molar-refractivity contribution in [1.82, 2.24) is 14.8 Å². The lowest BCUT2D eigenvalue weighted by Crippen LogP contribution is -2.04. The van der Waals surface area contributed by atoms with Crippen LogP contribution in [0.25, 0.3) is 11.3 Å².